The molecule has 0 radical (unpaired) electrons. The second kappa shape index (κ2) is 6.75. The second-order valence-electron chi connectivity index (χ2n) is 8.57. The number of aromatic carboxylic acids is 1. The topological polar surface area (TPSA) is 106 Å². The zero-order valence-electron chi connectivity index (χ0n) is 17.2. The summed E-state index contributed by atoms with van der Waals surface area (Å²) in [6.07, 6.45) is 5.76. The summed E-state index contributed by atoms with van der Waals surface area (Å²) in [5.41, 5.74) is 14.1. The van der Waals surface area contributed by atoms with Crippen molar-refractivity contribution in [3.05, 3.63) is 58.7 Å². The summed E-state index contributed by atoms with van der Waals surface area (Å²) >= 11 is 0. The first-order chi connectivity index (χ1) is 14.4. The number of aromatic nitrogens is 3. The lowest BCUT2D eigenvalue weighted by Crippen LogP contribution is -2.67. The van der Waals surface area contributed by atoms with E-state index in [1.165, 1.54) is 0 Å². The molecule has 3 aromatic heterocycles. The van der Waals surface area contributed by atoms with Crippen LogP contribution >= 0.6 is 0 Å². The highest BCUT2D eigenvalue weighted by atomic mass is 16.4. The van der Waals surface area contributed by atoms with Crippen LogP contribution in [0.5, 0.6) is 0 Å². The van der Waals surface area contributed by atoms with Crippen LogP contribution in [0.2, 0.25) is 0 Å². The van der Waals surface area contributed by atoms with Gasteiger partial charge in [-0.1, -0.05) is 0 Å². The number of rotatable bonds is 4. The van der Waals surface area contributed by atoms with Gasteiger partial charge in [-0.25, -0.2) is 4.79 Å². The van der Waals surface area contributed by atoms with Crippen molar-refractivity contribution in [3.8, 4) is 22.5 Å². The Kier molecular flexibility index (Phi) is 4.27. The van der Waals surface area contributed by atoms with E-state index in [1.807, 2.05) is 43.1 Å². The fraction of sp³-hybridized carbons (Fsp3) is 0.348. The van der Waals surface area contributed by atoms with E-state index in [4.69, 9.17) is 5.73 Å². The lowest BCUT2D eigenvalue weighted by molar-refractivity contribution is 0.0693. The number of pyridine rings is 2. The Morgan fingerprint density at radius 1 is 1.27 bits per heavy atom. The lowest BCUT2D eigenvalue weighted by atomic mass is 9.85. The maximum absolute atomic E-state index is 12.2. The largest absolute Gasteiger partial charge is 0.478 e. The summed E-state index contributed by atoms with van der Waals surface area (Å²) in [6.45, 7) is 3.36. The van der Waals surface area contributed by atoms with Gasteiger partial charge in [-0.05, 0) is 49.1 Å². The zero-order valence-corrected chi connectivity index (χ0v) is 17.2. The lowest BCUT2D eigenvalue weighted by Gasteiger charge is -2.39. The van der Waals surface area contributed by atoms with Crippen molar-refractivity contribution < 1.29 is 9.90 Å². The van der Waals surface area contributed by atoms with E-state index in [0.717, 1.165) is 51.5 Å². The molecule has 0 aromatic carbocycles. The fourth-order valence-corrected chi connectivity index (χ4v) is 4.69. The predicted octanol–water partition coefficient (Wildman–Crippen LogP) is 2.10. The summed E-state index contributed by atoms with van der Waals surface area (Å²) < 4.78 is 2.04. The Morgan fingerprint density at radius 3 is 2.70 bits per heavy atom. The van der Waals surface area contributed by atoms with Crippen LogP contribution in [0.3, 0.4) is 0 Å². The van der Waals surface area contributed by atoms with E-state index in [2.05, 4.69) is 21.4 Å². The van der Waals surface area contributed by atoms with Crippen LogP contribution in [0.25, 0.3) is 22.5 Å². The normalized spacial score (nSPS) is 16.5. The van der Waals surface area contributed by atoms with Crippen LogP contribution in [-0.2, 0) is 26.3 Å². The Labute approximate surface area is 175 Å². The number of carboxylic acids is 1. The maximum atomic E-state index is 12.2. The molecule has 1 aliphatic carbocycles. The Morgan fingerprint density at radius 2 is 2.07 bits per heavy atom. The predicted molar refractivity (Wildman–Crippen MR) is 114 cm³/mol. The third kappa shape index (κ3) is 2.93. The van der Waals surface area contributed by atoms with Gasteiger partial charge in [0.1, 0.15) is 0 Å². The molecule has 4 N–H and O–H groups in total. The summed E-state index contributed by atoms with van der Waals surface area (Å²) in [6, 6.07) is 6.05. The molecule has 4 heterocycles. The van der Waals surface area contributed by atoms with Crippen molar-refractivity contribution in [3.63, 3.8) is 0 Å². The van der Waals surface area contributed by atoms with Crippen LogP contribution in [0.4, 0.5) is 0 Å². The molecule has 7 nitrogen and oxygen atoms in total. The molecule has 7 heteroatoms. The summed E-state index contributed by atoms with van der Waals surface area (Å²) in [5.74, 6) is -0.877. The third-order valence-electron chi connectivity index (χ3n) is 6.40. The standard InChI is InChI=1S/C23H25N5O2/c1-13-3-4-15(10-26-13)18-7-17-14(9-27-18)5-6-16-20(22(29)30)19(28(2)21(16)17)8-23(24)11-25-12-23/h3-4,7,9-10,25H,5-6,8,11-12,24H2,1-2H3,(H,29,30). The number of hydrogen-bond donors (Lipinski definition) is 3. The highest BCUT2D eigenvalue weighted by molar-refractivity contribution is 5.95. The molecular formula is C23H25N5O2. The molecule has 0 bridgehead atoms. The number of fused-ring (bicyclic) bond motifs is 3. The minimum Gasteiger partial charge on any atom is -0.478 e. The highest BCUT2D eigenvalue weighted by Crippen LogP contribution is 2.40. The molecule has 5 rings (SSSR count). The number of aryl methyl sites for hydroxylation is 2. The average molecular weight is 403 g/mol. The highest BCUT2D eigenvalue weighted by Gasteiger charge is 2.37. The number of hydrogen-bond acceptors (Lipinski definition) is 5. The molecule has 3 aromatic rings. The number of nitrogens with zero attached hydrogens (tertiary/aromatic N) is 3. The van der Waals surface area contributed by atoms with E-state index in [-0.39, 0.29) is 0 Å². The number of nitrogens with two attached hydrogens (primary N) is 1. The van der Waals surface area contributed by atoms with Crippen LogP contribution in [-0.4, -0.2) is 44.2 Å². The molecular weight excluding hydrogens is 378 g/mol. The summed E-state index contributed by atoms with van der Waals surface area (Å²) in [4.78, 5) is 21.3. The zero-order chi connectivity index (χ0) is 21.0. The van der Waals surface area contributed by atoms with E-state index >= 15 is 0 Å². The van der Waals surface area contributed by atoms with E-state index < -0.39 is 11.5 Å². The average Bonchev–Trinajstić information content (AvgIpc) is 2.99. The molecule has 154 valence electrons. The molecule has 1 aliphatic heterocycles. The van der Waals surface area contributed by atoms with Gasteiger partial charge in [-0.15, -0.1) is 0 Å². The molecule has 0 unspecified atom stereocenters. The smallest absolute Gasteiger partial charge is 0.337 e. The Balaban J connectivity index is 1.66. The first kappa shape index (κ1) is 19.0. The van der Waals surface area contributed by atoms with Gasteiger partial charge in [0.15, 0.2) is 0 Å². The van der Waals surface area contributed by atoms with Crippen molar-refractivity contribution >= 4 is 5.97 Å². The van der Waals surface area contributed by atoms with Gasteiger partial charge in [0, 0.05) is 67.0 Å². The van der Waals surface area contributed by atoms with Crippen LogP contribution < -0.4 is 11.1 Å². The Bertz CT molecular complexity index is 1160. The van der Waals surface area contributed by atoms with Gasteiger partial charge in [-0.2, -0.15) is 0 Å². The summed E-state index contributed by atoms with van der Waals surface area (Å²) in [5, 5.41) is 13.2. The summed E-state index contributed by atoms with van der Waals surface area (Å²) in [7, 11) is 1.96. The van der Waals surface area contributed by atoms with Gasteiger partial charge in [-0.3, -0.25) is 9.97 Å². The van der Waals surface area contributed by atoms with Crippen molar-refractivity contribution in [1.29, 1.82) is 0 Å². The Hall–Kier alpha value is -3.03. The van der Waals surface area contributed by atoms with Crippen molar-refractivity contribution in [2.45, 2.75) is 31.7 Å². The number of nitrogens with one attached hydrogen (secondary N) is 1. The van der Waals surface area contributed by atoms with E-state index in [0.29, 0.717) is 31.5 Å². The first-order valence-electron chi connectivity index (χ1n) is 10.2. The molecule has 0 atom stereocenters. The first-order valence-corrected chi connectivity index (χ1v) is 10.2. The molecule has 1 saturated heterocycles. The van der Waals surface area contributed by atoms with Crippen molar-refractivity contribution in [2.75, 3.05) is 13.1 Å². The fourth-order valence-electron chi connectivity index (χ4n) is 4.69. The molecule has 0 spiro atoms. The quantitative estimate of drug-likeness (QED) is 0.616. The van der Waals surface area contributed by atoms with Gasteiger partial charge >= 0.3 is 5.97 Å². The molecule has 30 heavy (non-hydrogen) atoms. The van der Waals surface area contributed by atoms with Gasteiger partial charge in [0.25, 0.3) is 0 Å². The SMILES string of the molecule is Cc1ccc(-c2cc3c(cn2)CCc2c(C(=O)O)c(CC4(N)CNC4)n(C)c2-3)cn1. The minimum absolute atomic E-state index is 0.390. The monoisotopic (exact) mass is 403 g/mol. The number of carbonyl (C=O) groups is 1. The molecule has 0 amide bonds. The van der Waals surface area contributed by atoms with Gasteiger partial charge < -0.3 is 20.7 Å². The maximum Gasteiger partial charge on any atom is 0.337 e. The van der Waals surface area contributed by atoms with Gasteiger partial charge in [0.05, 0.1) is 17.0 Å². The van der Waals surface area contributed by atoms with Crippen LogP contribution in [0.15, 0.2) is 30.6 Å². The van der Waals surface area contributed by atoms with E-state index in [9.17, 15) is 9.90 Å². The van der Waals surface area contributed by atoms with Crippen LogP contribution in [0, 0.1) is 6.92 Å². The minimum atomic E-state index is -0.877. The second-order valence-corrected chi connectivity index (χ2v) is 8.57. The third-order valence-corrected chi connectivity index (χ3v) is 6.40. The molecule has 0 saturated carbocycles. The van der Waals surface area contributed by atoms with Gasteiger partial charge in [0.2, 0.25) is 0 Å². The van der Waals surface area contributed by atoms with Crippen molar-refractivity contribution in [2.24, 2.45) is 12.8 Å². The number of carboxylic acid groups (broad SMARTS) is 1. The molecule has 1 fully saturated rings. The van der Waals surface area contributed by atoms with Crippen molar-refractivity contribution in [1.82, 2.24) is 19.9 Å². The van der Waals surface area contributed by atoms with E-state index in [1.54, 1.807) is 0 Å². The molecule has 2 aliphatic rings. The van der Waals surface area contributed by atoms with Crippen LogP contribution in [0.1, 0.15) is 32.9 Å².